The van der Waals surface area contributed by atoms with Crippen LogP contribution in [-0.2, 0) is 0 Å². The van der Waals surface area contributed by atoms with Gasteiger partial charge in [-0.3, -0.25) is 0 Å². The Labute approximate surface area is 64.5 Å². The summed E-state index contributed by atoms with van der Waals surface area (Å²) in [6.45, 7) is 1.94. The Morgan fingerprint density at radius 2 is 2.27 bits per heavy atom. The van der Waals surface area contributed by atoms with Crippen LogP contribution in [0, 0.1) is 13.0 Å². The highest BCUT2D eigenvalue weighted by Crippen LogP contribution is 2.19. The first-order valence-electron chi connectivity index (χ1n) is 3.46. The van der Waals surface area contributed by atoms with Gasteiger partial charge in [0, 0.05) is 22.7 Å². The van der Waals surface area contributed by atoms with Crippen molar-refractivity contribution in [3.05, 3.63) is 30.0 Å². The van der Waals surface area contributed by atoms with Crippen LogP contribution in [0.1, 0.15) is 5.69 Å². The van der Waals surface area contributed by atoms with Crippen LogP contribution >= 0.6 is 0 Å². The Morgan fingerprint density at radius 1 is 1.45 bits per heavy atom. The van der Waals surface area contributed by atoms with Crippen LogP contribution < -0.4 is 0 Å². The highest BCUT2D eigenvalue weighted by atomic mass is 16.3. The molecule has 0 unspecified atom stereocenters. The monoisotopic (exact) mass is 146 g/mol. The molecule has 1 heterocycles. The molecule has 11 heavy (non-hydrogen) atoms. The number of fused-ring (bicyclic) bond motifs is 1. The van der Waals surface area contributed by atoms with Gasteiger partial charge in [-0.25, -0.2) is 0 Å². The zero-order valence-electron chi connectivity index (χ0n) is 6.18. The molecule has 0 aliphatic rings. The average Bonchev–Trinajstić information content (AvgIpc) is 2.27. The first-order chi connectivity index (χ1) is 5.25. The largest absolute Gasteiger partial charge is 0.508 e. The van der Waals surface area contributed by atoms with E-state index in [1.807, 2.05) is 13.0 Å². The second kappa shape index (κ2) is 2.02. The maximum absolute atomic E-state index is 9.11. The highest BCUT2D eigenvalue weighted by molar-refractivity contribution is 5.80. The number of H-pyrrole nitrogens is 1. The van der Waals surface area contributed by atoms with Gasteiger partial charge in [-0.15, -0.1) is 0 Å². The van der Waals surface area contributed by atoms with E-state index in [1.165, 1.54) is 0 Å². The molecule has 0 atom stereocenters. The maximum Gasteiger partial charge on any atom is 0.116 e. The number of rotatable bonds is 0. The van der Waals surface area contributed by atoms with Crippen LogP contribution in [0.5, 0.6) is 5.75 Å². The summed E-state index contributed by atoms with van der Waals surface area (Å²) in [6.07, 6.45) is 0. The Hall–Kier alpha value is -1.44. The van der Waals surface area contributed by atoms with Gasteiger partial charge in [0.05, 0.1) is 0 Å². The van der Waals surface area contributed by atoms with Crippen LogP contribution in [0.15, 0.2) is 18.2 Å². The van der Waals surface area contributed by atoms with Crippen molar-refractivity contribution in [1.29, 1.82) is 0 Å². The summed E-state index contributed by atoms with van der Waals surface area (Å²) in [5.41, 5.74) is 2.01. The van der Waals surface area contributed by atoms with Gasteiger partial charge in [0.2, 0.25) is 0 Å². The topological polar surface area (TPSA) is 36.0 Å². The van der Waals surface area contributed by atoms with Gasteiger partial charge in [0.1, 0.15) is 5.75 Å². The van der Waals surface area contributed by atoms with Crippen molar-refractivity contribution in [3.63, 3.8) is 0 Å². The van der Waals surface area contributed by atoms with Crippen LogP contribution in [-0.4, -0.2) is 10.1 Å². The Balaban J connectivity index is 2.82. The molecule has 55 valence electrons. The molecule has 2 rings (SSSR count). The molecular formula is C9H8NO. The number of aromatic nitrogens is 1. The molecule has 0 aliphatic heterocycles. The minimum absolute atomic E-state index is 0.285. The van der Waals surface area contributed by atoms with E-state index < -0.39 is 0 Å². The minimum atomic E-state index is 0.285. The van der Waals surface area contributed by atoms with E-state index in [4.69, 9.17) is 5.11 Å². The van der Waals surface area contributed by atoms with Crippen molar-refractivity contribution in [1.82, 2.24) is 4.98 Å². The summed E-state index contributed by atoms with van der Waals surface area (Å²) in [5.74, 6) is 0.285. The van der Waals surface area contributed by atoms with Gasteiger partial charge in [-0.2, -0.15) is 0 Å². The third-order valence-electron chi connectivity index (χ3n) is 1.65. The molecule has 0 spiro atoms. The first kappa shape index (κ1) is 6.28. The zero-order valence-corrected chi connectivity index (χ0v) is 6.18. The molecule has 1 aromatic heterocycles. The van der Waals surface area contributed by atoms with Gasteiger partial charge in [-0.1, -0.05) is 0 Å². The van der Waals surface area contributed by atoms with Gasteiger partial charge in [0.15, 0.2) is 0 Å². The summed E-state index contributed by atoms with van der Waals surface area (Å²) in [4.78, 5) is 3.12. The van der Waals surface area contributed by atoms with Crippen molar-refractivity contribution >= 4 is 10.9 Å². The number of aryl methyl sites for hydroxylation is 1. The Morgan fingerprint density at radius 3 is 3.09 bits per heavy atom. The normalized spacial score (nSPS) is 10.6. The number of aromatic amines is 1. The summed E-state index contributed by atoms with van der Waals surface area (Å²) in [6, 6.07) is 8.28. The number of phenols is 1. The number of benzene rings is 1. The van der Waals surface area contributed by atoms with E-state index in [1.54, 1.807) is 12.1 Å². The maximum atomic E-state index is 9.11. The summed E-state index contributed by atoms with van der Waals surface area (Å²) < 4.78 is 0. The third kappa shape index (κ3) is 0.963. The second-order valence-electron chi connectivity index (χ2n) is 2.60. The number of phenolic OH excluding ortho intramolecular Hbond substituents is 1. The molecule has 2 heteroatoms. The van der Waals surface area contributed by atoms with E-state index in [2.05, 4.69) is 11.1 Å². The molecule has 0 amide bonds. The van der Waals surface area contributed by atoms with Crippen molar-refractivity contribution in [2.24, 2.45) is 0 Å². The predicted molar refractivity (Wildman–Crippen MR) is 43.5 cm³/mol. The molecule has 0 saturated heterocycles. The molecule has 0 fully saturated rings. The number of hydrogen-bond acceptors (Lipinski definition) is 1. The van der Waals surface area contributed by atoms with E-state index in [9.17, 15) is 0 Å². The molecule has 2 nitrogen and oxygen atoms in total. The van der Waals surface area contributed by atoms with Gasteiger partial charge in [-0.05, 0) is 25.1 Å². The van der Waals surface area contributed by atoms with Crippen LogP contribution in [0.4, 0.5) is 0 Å². The van der Waals surface area contributed by atoms with Crippen molar-refractivity contribution in [3.8, 4) is 5.75 Å². The minimum Gasteiger partial charge on any atom is -0.508 e. The van der Waals surface area contributed by atoms with Crippen LogP contribution in [0.25, 0.3) is 10.9 Å². The van der Waals surface area contributed by atoms with E-state index >= 15 is 0 Å². The lowest BCUT2D eigenvalue weighted by molar-refractivity contribution is 0.476. The molecule has 2 aromatic rings. The fourth-order valence-electron chi connectivity index (χ4n) is 1.18. The molecule has 0 bridgehead atoms. The second-order valence-corrected chi connectivity index (χ2v) is 2.60. The van der Waals surface area contributed by atoms with Crippen molar-refractivity contribution in [2.45, 2.75) is 6.92 Å². The van der Waals surface area contributed by atoms with Gasteiger partial charge in [0.25, 0.3) is 0 Å². The van der Waals surface area contributed by atoms with Crippen LogP contribution in [0.2, 0.25) is 0 Å². The first-order valence-corrected chi connectivity index (χ1v) is 3.46. The van der Waals surface area contributed by atoms with E-state index in [-0.39, 0.29) is 5.75 Å². The fraction of sp³-hybridized carbons (Fsp3) is 0.111. The van der Waals surface area contributed by atoms with E-state index in [0.717, 1.165) is 16.6 Å². The SMILES string of the molecule is Cc1[c]c2cc(O)ccc2[nH]1. The summed E-state index contributed by atoms with van der Waals surface area (Å²) in [7, 11) is 0. The molecule has 2 N–H and O–H groups in total. The quantitative estimate of drug-likeness (QED) is 0.585. The molecule has 1 radical (unpaired) electrons. The zero-order chi connectivity index (χ0) is 7.84. The number of aromatic hydroxyl groups is 1. The third-order valence-corrected chi connectivity index (χ3v) is 1.65. The average molecular weight is 146 g/mol. The van der Waals surface area contributed by atoms with Gasteiger partial charge < -0.3 is 10.1 Å². The summed E-state index contributed by atoms with van der Waals surface area (Å²) >= 11 is 0. The smallest absolute Gasteiger partial charge is 0.116 e. The molecule has 0 saturated carbocycles. The number of hydrogen-bond donors (Lipinski definition) is 2. The highest BCUT2D eigenvalue weighted by Gasteiger charge is 1.97. The predicted octanol–water partition coefficient (Wildman–Crippen LogP) is 1.98. The molecule has 1 aromatic carbocycles. The van der Waals surface area contributed by atoms with Gasteiger partial charge >= 0.3 is 0 Å². The lowest BCUT2D eigenvalue weighted by Crippen LogP contribution is -1.67. The lowest BCUT2D eigenvalue weighted by Gasteiger charge is -1.89. The molecule has 0 aliphatic carbocycles. The Bertz CT molecular complexity index is 389. The van der Waals surface area contributed by atoms with E-state index in [0.29, 0.717) is 0 Å². The standard InChI is InChI=1S/C9H8NO/c1-6-4-7-5-8(11)2-3-9(7)10-6/h2-3,5,10-11H,1H3. The van der Waals surface area contributed by atoms with Crippen molar-refractivity contribution in [2.75, 3.05) is 0 Å². The van der Waals surface area contributed by atoms with Crippen LogP contribution in [0.3, 0.4) is 0 Å². The Kier molecular flexibility index (Phi) is 1.15. The summed E-state index contributed by atoms with van der Waals surface area (Å²) in [5, 5.41) is 10.0. The van der Waals surface area contributed by atoms with Crippen molar-refractivity contribution < 1.29 is 5.11 Å². The number of nitrogens with one attached hydrogen (secondary N) is 1. The lowest BCUT2D eigenvalue weighted by atomic mass is 10.2. The fourth-order valence-corrected chi connectivity index (χ4v) is 1.18. The molecular weight excluding hydrogens is 138 g/mol.